The number of rotatable bonds is 6. The smallest absolute Gasteiger partial charge is 0.224 e. The number of oxime groups is 1. The summed E-state index contributed by atoms with van der Waals surface area (Å²) in [5.74, 6) is -0.0887. The first kappa shape index (κ1) is 14.0. The van der Waals surface area contributed by atoms with Crippen molar-refractivity contribution in [1.82, 2.24) is 0 Å². The average molecular weight is 251 g/mol. The molecule has 1 rings (SSSR count). The third-order valence-corrected chi connectivity index (χ3v) is 2.30. The van der Waals surface area contributed by atoms with Gasteiger partial charge in [-0.05, 0) is 18.6 Å². The number of nitrogens with one attached hydrogen (secondary N) is 1. The van der Waals surface area contributed by atoms with Gasteiger partial charge in [-0.25, -0.2) is 0 Å². The summed E-state index contributed by atoms with van der Waals surface area (Å²) in [6.45, 7) is 0.553. The van der Waals surface area contributed by atoms with Gasteiger partial charge in [0.2, 0.25) is 5.91 Å². The number of hydrogen-bond acceptors (Lipinski definition) is 4. The number of anilines is 1. The van der Waals surface area contributed by atoms with Crippen LogP contribution in [0.1, 0.15) is 18.4 Å². The number of methoxy groups -OCH3 is 1. The Morgan fingerprint density at radius 3 is 3.00 bits per heavy atom. The van der Waals surface area contributed by atoms with Gasteiger partial charge in [0.1, 0.15) is 0 Å². The Bertz CT molecular complexity index is 432. The molecule has 1 aromatic carbocycles. The molecule has 0 aromatic heterocycles. The lowest BCUT2D eigenvalue weighted by Crippen LogP contribution is -2.15. The third-order valence-electron chi connectivity index (χ3n) is 2.30. The first-order valence-corrected chi connectivity index (χ1v) is 5.54. The molecule has 0 aliphatic heterocycles. The van der Waals surface area contributed by atoms with Crippen LogP contribution in [0.15, 0.2) is 29.4 Å². The summed E-state index contributed by atoms with van der Waals surface area (Å²) in [7, 11) is 1.60. The quantitative estimate of drug-likeness (QED) is 0.232. The van der Waals surface area contributed by atoms with Crippen LogP contribution in [0.3, 0.4) is 0 Å². The lowest BCUT2D eigenvalue weighted by atomic mass is 10.2. The van der Waals surface area contributed by atoms with E-state index < -0.39 is 0 Å². The minimum atomic E-state index is -0.0938. The summed E-state index contributed by atoms with van der Waals surface area (Å²) >= 11 is 0. The number of carbonyl (C=O) groups excluding carboxylic acids is 1. The molecule has 0 saturated heterocycles. The molecule has 4 N–H and O–H groups in total. The van der Waals surface area contributed by atoms with Gasteiger partial charge >= 0.3 is 0 Å². The Labute approximate surface area is 105 Å². The number of hydrogen-bond donors (Lipinski definition) is 3. The van der Waals surface area contributed by atoms with Crippen molar-refractivity contribution >= 4 is 17.4 Å². The molecule has 0 unspecified atom stereocenters. The molecule has 0 fully saturated rings. The van der Waals surface area contributed by atoms with Crippen LogP contribution >= 0.6 is 0 Å². The van der Waals surface area contributed by atoms with Gasteiger partial charge in [-0.2, -0.15) is 0 Å². The monoisotopic (exact) mass is 251 g/mol. The fourth-order valence-corrected chi connectivity index (χ4v) is 1.41. The number of benzene rings is 1. The zero-order valence-electron chi connectivity index (χ0n) is 10.2. The summed E-state index contributed by atoms with van der Waals surface area (Å²) in [5, 5.41) is 14.2. The van der Waals surface area contributed by atoms with Gasteiger partial charge < -0.3 is 21.0 Å². The van der Waals surface area contributed by atoms with Crippen molar-refractivity contribution < 1.29 is 14.7 Å². The largest absolute Gasteiger partial charge is 0.409 e. The van der Waals surface area contributed by atoms with Crippen LogP contribution < -0.4 is 11.1 Å². The zero-order chi connectivity index (χ0) is 13.4. The molecular weight excluding hydrogens is 234 g/mol. The highest BCUT2D eigenvalue weighted by molar-refractivity contribution is 5.99. The zero-order valence-corrected chi connectivity index (χ0v) is 10.2. The number of carbonyl (C=O) groups is 1. The number of amidine groups is 1. The molecule has 0 radical (unpaired) electrons. The van der Waals surface area contributed by atoms with E-state index in [0.29, 0.717) is 30.7 Å². The van der Waals surface area contributed by atoms with Gasteiger partial charge in [0, 0.05) is 31.4 Å². The van der Waals surface area contributed by atoms with Crippen molar-refractivity contribution in [2.24, 2.45) is 10.9 Å². The van der Waals surface area contributed by atoms with Crippen LogP contribution in [-0.2, 0) is 9.53 Å². The summed E-state index contributed by atoms with van der Waals surface area (Å²) in [6, 6.07) is 6.79. The van der Waals surface area contributed by atoms with Crippen LogP contribution in [0.4, 0.5) is 5.69 Å². The van der Waals surface area contributed by atoms with Crippen molar-refractivity contribution in [2.75, 3.05) is 19.0 Å². The fourth-order valence-electron chi connectivity index (χ4n) is 1.41. The Morgan fingerprint density at radius 1 is 1.56 bits per heavy atom. The molecule has 6 nitrogen and oxygen atoms in total. The molecule has 0 bridgehead atoms. The standard InChI is InChI=1S/C12H17N3O3/c1-18-7-3-6-11(16)14-10-5-2-4-9(8-10)12(13)15-17/h2,4-5,8,17H,3,6-7H2,1H3,(H2,13,15)(H,14,16). The van der Waals surface area contributed by atoms with Gasteiger partial charge in [-0.1, -0.05) is 17.3 Å². The van der Waals surface area contributed by atoms with E-state index in [1.807, 2.05) is 0 Å². The summed E-state index contributed by atoms with van der Waals surface area (Å²) < 4.78 is 4.87. The maximum atomic E-state index is 11.6. The molecule has 0 spiro atoms. The minimum Gasteiger partial charge on any atom is -0.409 e. The molecule has 0 aliphatic rings. The predicted molar refractivity (Wildman–Crippen MR) is 68.7 cm³/mol. The minimum absolute atomic E-state index is 0.00508. The molecule has 0 aliphatic carbocycles. The number of ether oxygens (including phenoxy) is 1. The Morgan fingerprint density at radius 2 is 2.33 bits per heavy atom. The highest BCUT2D eigenvalue weighted by atomic mass is 16.5. The van der Waals surface area contributed by atoms with Crippen LogP contribution in [0.25, 0.3) is 0 Å². The van der Waals surface area contributed by atoms with E-state index in [1.54, 1.807) is 31.4 Å². The Balaban J connectivity index is 2.59. The molecule has 98 valence electrons. The van der Waals surface area contributed by atoms with E-state index in [4.69, 9.17) is 15.7 Å². The average Bonchev–Trinajstić information content (AvgIpc) is 2.38. The van der Waals surface area contributed by atoms with E-state index in [2.05, 4.69) is 10.5 Å². The van der Waals surface area contributed by atoms with E-state index in [-0.39, 0.29) is 11.7 Å². The van der Waals surface area contributed by atoms with Crippen molar-refractivity contribution in [3.8, 4) is 0 Å². The van der Waals surface area contributed by atoms with Crippen molar-refractivity contribution in [1.29, 1.82) is 0 Å². The molecule has 1 aromatic rings. The molecule has 1 amide bonds. The number of nitrogens with two attached hydrogens (primary N) is 1. The lowest BCUT2D eigenvalue weighted by molar-refractivity contribution is -0.116. The van der Waals surface area contributed by atoms with Gasteiger partial charge in [-0.15, -0.1) is 0 Å². The van der Waals surface area contributed by atoms with Gasteiger partial charge in [0.05, 0.1) is 0 Å². The second-order valence-corrected chi connectivity index (χ2v) is 3.71. The molecule has 18 heavy (non-hydrogen) atoms. The molecule has 0 atom stereocenters. The lowest BCUT2D eigenvalue weighted by Gasteiger charge is -2.06. The van der Waals surface area contributed by atoms with E-state index in [1.165, 1.54) is 0 Å². The van der Waals surface area contributed by atoms with Crippen molar-refractivity contribution in [2.45, 2.75) is 12.8 Å². The van der Waals surface area contributed by atoms with Crippen LogP contribution in [0.5, 0.6) is 0 Å². The second kappa shape index (κ2) is 7.29. The molecule has 0 saturated carbocycles. The van der Waals surface area contributed by atoms with Crippen molar-refractivity contribution in [3.63, 3.8) is 0 Å². The van der Waals surface area contributed by atoms with Gasteiger partial charge in [-0.3, -0.25) is 4.79 Å². The van der Waals surface area contributed by atoms with E-state index in [9.17, 15) is 4.79 Å². The van der Waals surface area contributed by atoms with Gasteiger partial charge in [0.25, 0.3) is 0 Å². The van der Waals surface area contributed by atoms with E-state index in [0.717, 1.165) is 0 Å². The Hall–Kier alpha value is -2.08. The topological polar surface area (TPSA) is 96.9 Å². The first-order chi connectivity index (χ1) is 8.67. The number of amides is 1. The van der Waals surface area contributed by atoms with Gasteiger partial charge in [0.15, 0.2) is 5.84 Å². The highest BCUT2D eigenvalue weighted by Gasteiger charge is 2.04. The normalized spacial score (nSPS) is 11.3. The summed E-state index contributed by atoms with van der Waals surface area (Å²) in [4.78, 5) is 11.6. The predicted octanol–water partition coefficient (Wildman–Crippen LogP) is 1.15. The highest BCUT2D eigenvalue weighted by Crippen LogP contribution is 2.11. The maximum Gasteiger partial charge on any atom is 0.224 e. The van der Waals surface area contributed by atoms with Crippen molar-refractivity contribution in [3.05, 3.63) is 29.8 Å². The fraction of sp³-hybridized carbons (Fsp3) is 0.333. The maximum absolute atomic E-state index is 11.6. The molecule has 6 heteroatoms. The molecular formula is C12H17N3O3. The van der Waals surface area contributed by atoms with Crippen LogP contribution in [-0.4, -0.2) is 30.7 Å². The second-order valence-electron chi connectivity index (χ2n) is 3.71. The third kappa shape index (κ3) is 4.42. The Kier molecular flexibility index (Phi) is 5.66. The summed E-state index contributed by atoms with van der Waals surface area (Å²) in [6.07, 6.45) is 1.06. The van der Waals surface area contributed by atoms with Crippen LogP contribution in [0.2, 0.25) is 0 Å². The molecule has 0 heterocycles. The van der Waals surface area contributed by atoms with Crippen LogP contribution in [0, 0.1) is 0 Å². The first-order valence-electron chi connectivity index (χ1n) is 5.54. The SMILES string of the molecule is COCCCC(=O)Nc1cccc(C(N)=NO)c1. The number of nitrogens with zero attached hydrogens (tertiary/aromatic N) is 1. The van der Waals surface area contributed by atoms with E-state index >= 15 is 0 Å². The summed E-state index contributed by atoms with van der Waals surface area (Å²) in [5.41, 5.74) is 6.62.